The van der Waals surface area contributed by atoms with E-state index in [0.29, 0.717) is 26.2 Å². The van der Waals surface area contributed by atoms with E-state index < -0.39 is 24.7 Å². The van der Waals surface area contributed by atoms with Crippen molar-refractivity contribution in [2.24, 2.45) is 0 Å². The van der Waals surface area contributed by atoms with Gasteiger partial charge >= 0.3 is 6.18 Å². The van der Waals surface area contributed by atoms with E-state index in [1.54, 1.807) is 12.1 Å². The Morgan fingerprint density at radius 3 is 2.46 bits per heavy atom. The fourth-order valence-electron chi connectivity index (χ4n) is 3.39. The van der Waals surface area contributed by atoms with Crippen molar-refractivity contribution >= 4 is 11.7 Å². The fourth-order valence-corrected chi connectivity index (χ4v) is 3.39. The van der Waals surface area contributed by atoms with Crippen LogP contribution < -0.4 is 15.5 Å². The van der Waals surface area contributed by atoms with E-state index in [0.717, 1.165) is 31.7 Å². The average molecular weight is 371 g/mol. The van der Waals surface area contributed by atoms with Crippen molar-refractivity contribution in [2.45, 2.75) is 25.1 Å². The van der Waals surface area contributed by atoms with Crippen LogP contribution in [-0.4, -0.2) is 73.8 Å². The van der Waals surface area contributed by atoms with Gasteiger partial charge < -0.3 is 15.5 Å². The van der Waals surface area contributed by atoms with Gasteiger partial charge in [-0.05, 0) is 25.0 Å². The van der Waals surface area contributed by atoms with Crippen LogP contribution in [0.5, 0.6) is 0 Å². The predicted molar refractivity (Wildman–Crippen MR) is 92.3 cm³/mol. The number of alkyl halides is 3. The molecule has 2 N–H and O–H groups in total. The minimum Gasteiger partial charge on any atom is -0.357 e. The Morgan fingerprint density at radius 1 is 1.19 bits per heavy atom. The largest absolute Gasteiger partial charge is 0.405 e. The van der Waals surface area contributed by atoms with Crippen LogP contribution >= 0.6 is 0 Å². The maximum atomic E-state index is 13.4. The maximum Gasteiger partial charge on any atom is 0.405 e. The number of aromatic nitrogens is 1. The zero-order chi connectivity index (χ0) is 18.6. The summed E-state index contributed by atoms with van der Waals surface area (Å²) in [5.41, 5.74) is 0.272. The third kappa shape index (κ3) is 4.64. The predicted octanol–water partition coefficient (Wildman–Crippen LogP) is 1.25. The van der Waals surface area contributed by atoms with E-state index in [9.17, 15) is 18.0 Å². The second-order valence-electron chi connectivity index (χ2n) is 6.65. The average Bonchev–Trinajstić information content (AvgIpc) is 3.16. The molecule has 9 heteroatoms. The van der Waals surface area contributed by atoms with Crippen LogP contribution in [-0.2, 0) is 0 Å². The van der Waals surface area contributed by atoms with Crippen molar-refractivity contribution in [3.8, 4) is 0 Å². The van der Waals surface area contributed by atoms with Gasteiger partial charge in [0.05, 0.1) is 5.56 Å². The lowest BCUT2D eigenvalue weighted by Gasteiger charge is -2.35. The second kappa shape index (κ2) is 8.22. The summed E-state index contributed by atoms with van der Waals surface area (Å²) in [6.45, 7) is 3.08. The van der Waals surface area contributed by atoms with Crippen LogP contribution in [0, 0.1) is 0 Å². The number of hydrogen-bond donors (Lipinski definition) is 2. The Labute approximate surface area is 150 Å². The zero-order valence-electron chi connectivity index (χ0n) is 14.6. The van der Waals surface area contributed by atoms with Gasteiger partial charge in [0.15, 0.2) is 0 Å². The van der Waals surface area contributed by atoms with E-state index in [2.05, 4.69) is 20.5 Å². The smallest absolute Gasteiger partial charge is 0.357 e. The number of pyridine rings is 1. The number of halogens is 3. The van der Waals surface area contributed by atoms with Gasteiger partial charge in [0.1, 0.15) is 11.9 Å². The van der Waals surface area contributed by atoms with Crippen molar-refractivity contribution < 1.29 is 18.0 Å². The summed E-state index contributed by atoms with van der Waals surface area (Å²) in [4.78, 5) is 20.0. The number of anilines is 1. The highest BCUT2D eigenvalue weighted by atomic mass is 19.4. The molecule has 144 valence electrons. The molecule has 1 aromatic heterocycles. The highest BCUT2D eigenvalue weighted by Gasteiger charge is 2.43. The van der Waals surface area contributed by atoms with Crippen molar-refractivity contribution in [3.63, 3.8) is 0 Å². The highest BCUT2D eigenvalue weighted by Crippen LogP contribution is 2.25. The first-order valence-corrected chi connectivity index (χ1v) is 8.96. The van der Waals surface area contributed by atoms with E-state index in [1.165, 1.54) is 11.1 Å². The van der Waals surface area contributed by atoms with Gasteiger partial charge in [-0.2, -0.15) is 13.2 Å². The van der Waals surface area contributed by atoms with Gasteiger partial charge in [0.25, 0.3) is 5.91 Å². The number of carbonyl (C=O) groups is 1. The van der Waals surface area contributed by atoms with Crippen LogP contribution in [0.2, 0.25) is 0 Å². The summed E-state index contributed by atoms with van der Waals surface area (Å²) >= 11 is 0. The molecule has 26 heavy (non-hydrogen) atoms. The Hall–Kier alpha value is -1.87. The Kier molecular flexibility index (Phi) is 5.98. The summed E-state index contributed by atoms with van der Waals surface area (Å²) in [6, 6.07) is 1.69. The molecule has 1 atom stereocenters. The summed E-state index contributed by atoms with van der Waals surface area (Å²) in [5.74, 6) is 0.267. The standard InChI is InChI=1S/C17H24F3N5O/c18-17(19,20)14(24-9-5-21-6-10-24)12-23-16(26)13-3-4-15(22-11-13)25-7-1-2-8-25/h3-4,11,14,21H,1-2,5-10,12H2,(H,23,26). The van der Waals surface area contributed by atoms with Gasteiger partial charge in [-0.25, -0.2) is 4.98 Å². The number of carbonyl (C=O) groups excluding carboxylic acids is 1. The molecule has 0 radical (unpaired) electrons. The molecule has 2 saturated heterocycles. The quantitative estimate of drug-likeness (QED) is 0.816. The molecule has 0 bridgehead atoms. The molecule has 2 fully saturated rings. The Balaban J connectivity index is 1.58. The number of nitrogens with zero attached hydrogens (tertiary/aromatic N) is 3. The lowest BCUT2D eigenvalue weighted by Crippen LogP contribution is -2.57. The van der Waals surface area contributed by atoms with Crippen molar-refractivity contribution in [1.29, 1.82) is 0 Å². The van der Waals surface area contributed by atoms with Gasteiger partial charge in [-0.15, -0.1) is 0 Å². The molecule has 0 aliphatic carbocycles. The molecule has 0 saturated carbocycles. The normalized spacial score (nSPS) is 20.2. The van der Waals surface area contributed by atoms with E-state index in [1.807, 2.05) is 0 Å². The second-order valence-corrected chi connectivity index (χ2v) is 6.65. The SMILES string of the molecule is O=C(NCC(N1CCNCC1)C(F)(F)F)c1ccc(N2CCCC2)nc1. The third-order valence-electron chi connectivity index (χ3n) is 4.87. The maximum absolute atomic E-state index is 13.4. The van der Waals surface area contributed by atoms with E-state index >= 15 is 0 Å². The highest BCUT2D eigenvalue weighted by molar-refractivity contribution is 5.94. The molecule has 2 aliphatic rings. The Bertz CT molecular complexity index is 595. The summed E-state index contributed by atoms with van der Waals surface area (Å²) in [7, 11) is 0. The van der Waals surface area contributed by atoms with Crippen molar-refractivity contribution in [1.82, 2.24) is 20.5 Å². The summed E-state index contributed by atoms with van der Waals surface area (Å²) in [5, 5.41) is 5.45. The van der Waals surface area contributed by atoms with Gasteiger partial charge in [-0.1, -0.05) is 0 Å². The number of rotatable bonds is 5. The lowest BCUT2D eigenvalue weighted by molar-refractivity contribution is -0.183. The minimum absolute atomic E-state index is 0.272. The molecule has 0 spiro atoms. The van der Waals surface area contributed by atoms with E-state index in [-0.39, 0.29) is 5.56 Å². The molecule has 3 rings (SSSR count). The fraction of sp³-hybridized carbons (Fsp3) is 0.647. The van der Waals surface area contributed by atoms with Crippen LogP contribution in [0.3, 0.4) is 0 Å². The summed E-state index contributed by atoms with van der Waals surface area (Å²) < 4.78 is 40.1. The molecule has 1 aromatic rings. The zero-order valence-corrected chi connectivity index (χ0v) is 14.6. The molecular formula is C17H24F3N5O. The molecule has 0 aromatic carbocycles. The van der Waals surface area contributed by atoms with E-state index in [4.69, 9.17) is 0 Å². The number of nitrogens with one attached hydrogen (secondary N) is 2. The van der Waals surface area contributed by atoms with Gasteiger partial charge in [-0.3, -0.25) is 9.69 Å². The lowest BCUT2D eigenvalue weighted by atomic mass is 10.2. The number of piperazine rings is 1. The molecule has 1 amide bonds. The molecule has 2 aliphatic heterocycles. The van der Waals surface area contributed by atoms with Crippen LogP contribution in [0.25, 0.3) is 0 Å². The monoisotopic (exact) mass is 371 g/mol. The van der Waals surface area contributed by atoms with Crippen LogP contribution in [0.15, 0.2) is 18.3 Å². The van der Waals surface area contributed by atoms with Crippen molar-refractivity contribution in [2.75, 3.05) is 50.7 Å². The number of amides is 1. The first-order chi connectivity index (χ1) is 12.4. The molecule has 6 nitrogen and oxygen atoms in total. The minimum atomic E-state index is -4.39. The van der Waals surface area contributed by atoms with Gasteiger partial charge in [0, 0.05) is 52.0 Å². The van der Waals surface area contributed by atoms with Gasteiger partial charge in [0.2, 0.25) is 0 Å². The first-order valence-electron chi connectivity index (χ1n) is 8.96. The first kappa shape index (κ1) is 18.9. The Morgan fingerprint density at radius 2 is 1.88 bits per heavy atom. The molecule has 3 heterocycles. The number of hydrogen-bond acceptors (Lipinski definition) is 5. The van der Waals surface area contributed by atoms with Crippen LogP contribution in [0.4, 0.5) is 19.0 Å². The van der Waals surface area contributed by atoms with Crippen molar-refractivity contribution in [3.05, 3.63) is 23.9 Å². The molecule has 1 unspecified atom stereocenters. The topological polar surface area (TPSA) is 60.5 Å². The third-order valence-corrected chi connectivity index (χ3v) is 4.87. The summed E-state index contributed by atoms with van der Waals surface area (Å²) in [6.07, 6.45) is -0.720. The van der Waals surface area contributed by atoms with Crippen LogP contribution in [0.1, 0.15) is 23.2 Å². The molecular weight excluding hydrogens is 347 g/mol.